The number of halogens is 2. The summed E-state index contributed by atoms with van der Waals surface area (Å²) in [4.78, 5) is 13.6. The van der Waals surface area contributed by atoms with Gasteiger partial charge in [0.25, 0.3) is 5.91 Å². The molecule has 0 fully saturated rings. The van der Waals surface area contributed by atoms with Crippen molar-refractivity contribution in [2.75, 3.05) is 6.54 Å². The first-order valence-electron chi connectivity index (χ1n) is 7.12. The molecule has 0 spiro atoms. The normalized spacial score (nSPS) is 10.8. The van der Waals surface area contributed by atoms with Crippen molar-refractivity contribution in [3.05, 3.63) is 50.4 Å². The number of terminal acetylenes is 1. The largest absolute Gasteiger partial charge is 0.340 e. The highest BCUT2D eigenvalue weighted by atomic mass is 35.5. The molecule has 1 N–H and O–H groups in total. The quantitative estimate of drug-likeness (QED) is 0.694. The van der Waals surface area contributed by atoms with Gasteiger partial charge in [0.2, 0.25) is 0 Å². The van der Waals surface area contributed by atoms with E-state index in [1.54, 1.807) is 12.1 Å². The molecule has 2 aromatic heterocycles. The Balaban J connectivity index is 1.95. The molecule has 1 aromatic carbocycles. The number of hydrogen-bond acceptors (Lipinski definition) is 3. The van der Waals surface area contributed by atoms with Crippen LogP contribution in [-0.4, -0.2) is 22.2 Å². The zero-order valence-electron chi connectivity index (χ0n) is 12.8. The van der Waals surface area contributed by atoms with Gasteiger partial charge in [-0.15, -0.1) is 17.8 Å². The number of hydrogen-bond donors (Lipinski definition) is 1. The second-order valence-electron chi connectivity index (χ2n) is 5.20. The SMILES string of the molecule is C#CCNC(=O)c1cc2c(C)nn(Cc3ccc(Cl)cc3Cl)c2s1. The summed E-state index contributed by atoms with van der Waals surface area (Å²) < 4.78 is 1.85. The molecule has 3 aromatic rings. The maximum Gasteiger partial charge on any atom is 0.262 e. The Hall–Kier alpha value is -2.00. The molecule has 0 atom stereocenters. The second kappa shape index (κ2) is 6.86. The van der Waals surface area contributed by atoms with Crippen LogP contribution in [0.3, 0.4) is 0 Å². The highest BCUT2D eigenvalue weighted by Crippen LogP contribution is 2.30. The highest BCUT2D eigenvalue weighted by molar-refractivity contribution is 7.20. The first-order chi connectivity index (χ1) is 11.5. The van der Waals surface area contributed by atoms with Crippen LogP contribution in [0, 0.1) is 19.3 Å². The summed E-state index contributed by atoms with van der Waals surface area (Å²) in [5.41, 5.74) is 1.78. The first-order valence-corrected chi connectivity index (χ1v) is 8.69. The molecule has 4 nitrogen and oxygen atoms in total. The predicted octanol–water partition coefficient (Wildman–Crippen LogP) is 4.12. The molecule has 1 amide bonds. The molecule has 24 heavy (non-hydrogen) atoms. The van der Waals surface area contributed by atoms with Crippen molar-refractivity contribution in [3.63, 3.8) is 0 Å². The van der Waals surface area contributed by atoms with Crippen molar-refractivity contribution in [3.8, 4) is 12.3 Å². The first kappa shape index (κ1) is 16.8. The van der Waals surface area contributed by atoms with Crippen molar-refractivity contribution in [2.45, 2.75) is 13.5 Å². The van der Waals surface area contributed by atoms with E-state index in [0.29, 0.717) is 21.5 Å². The van der Waals surface area contributed by atoms with Crippen LogP contribution in [0.5, 0.6) is 0 Å². The number of amides is 1. The van der Waals surface area contributed by atoms with Gasteiger partial charge in [-0.05, 0) is 30.7 Å². The van der Waals surface area contributed by atoms with Crippen LogP contribution in [-0.2, 0) is 6.54 Å². The van der Waals surface area contributed by atoms with E-state index in [4.69, 9.17) is 29.6 Å². The molecule has 2 heterocycles. The zero-order valence-corrected chi connectivity index (χ0v) is 15.1. The number of rotatable bonds is 4. The van der Waals surface area contributed by atoms with Gasteiger partial charge in [0.15, 0.2) is 0 Å². The Morgan fingerprint density at radius 3 is 2.92 bits per heavy atom. The fourth-order valence-corrected chi connectivity index (χ4v) is 3.91. The van der Waals surface area contributed by atoms with E-state index in [0.717, 1.165) is 21.5 Å². The number of nitrogens with one attached hydrogen (secondary N) is 1. The van der Waals surface area contributed by atoms with E-state index in [2.05, 4.69) is 16.3 Å². The Morgan fingerprint density at radius 1 is 1.42 bits per heavy atom. The van der Waals surface area contributed by atoms with Crippen LogP contribution in [0.4, 0.5) is 0 Å². The molecule has 0 radical (unpaired) electrons. The minimum absolute atomic E-state index is 0.176. The molecule has 0 bridgehead atoms. The molecule has 0 aliphatic rings. The van der Waals surface area contributed by atoms with Gasteiger partial charge in [-0.2, -0.15) is 5.10 Å². The van der Waals surface area contributed by atoms with Gasteiger partial charge in [-0.3, -0.25) is 9.48 Å². The molecular formula is C17H13Cl2N3OS. The van der Waals surface area contributed by atoms with Gasteiger partial charge in [-0.25, -0.2) is 0 Å². The average molecular weight is 378 g/mol. The lowest BCUT2D eigenvalue weighted by molar-refractivity contribution is 0.0963. The molecule has 0 aliphatic carbocycles. The smallest absolute Gasteiger partial charge is 0.262 e. The molecule has 3 rings (SSSR count). The van der Waals surface area contributed by atoms with E-state index in [-0.39, 0.29) is 12.5 Å². The monoisotopic (exact) mass is 377 g/mol. The summed E-state index contributed by atoms with van der Waals surface area (Å²) in [5, 5.41) is 9.35. The molecule has 122 valence electrons. The van der Waals surface area contributed by atoms with Gasteiger partial charge in [0.1, 0.15) is 4.83 Å². The lowest BCUT2D eigenvalue weighted by Gasteiger charge is -2.05. The predicted molar refractivity (Wildman–Crippen MR) is 99.1 cm³/mol. The number of fused-ring (bicyclic) bond motifs is 1. The number of aryl methyl sites for hydroxylation is 1. The van der Waals surface area contributed by atoms with E-state index in [1.165, 1.54) is 11.3 Å². The summed E-state index contributed by atoms with van der Waals surface area (Å²) in [6.07, 6.45) is 5.17. The van der Waals surface area contributed by atoms with E-state index in [9.17, 15) is 4.79 Å². The summed E-state index contributed by atoms with van der Waals surface area (Å²) in [6, 6.07) is 7.22. The number of thiophene rings is 1. The number of carbonyl (C=O) groups is 1. The maximum absolute atomic E-state index is 12.1. The maximum atomic E-state index is 12.1. The van der Waals surface area contributed by atoms with Crippen LogP contribution < -0.4 is 5.32 Å². The fourth-order valence-electron chi connectivity index (χ4n) is 2.36. The van der Waals surface area contributed by atoms with Crippen LogP contribution >= 0.6 is 34.5 Å². The van der Waals surface area contributed by atoms with Gasteiger partial charge in [0.05, 0.1) is 23.7 Å². The van der Waals surface area contributed by atoms with Crippen molar-refractivity contribution >= 4 is 50.7 Å². The van der Waals surface area contributed by atoms with Crippen molar-refractivity contribution in [1.29, 1.82) is 0 Å². The van der Waals surface area contributed by atoms with Crippen LogP contribution in [0.1, 0.15) is 20.9 Å². The zero-order chi connectivity index (χ0) is 17.3. The summed E-state index contributed by atoms with van der Waals surface area (Å²) in [5.74, 6) is 2.22. The second-order valence-corrected chi connectivity index (χ2v) is 7.07. The third-order valence-electron chi connectivity index (χ3n) is 3.52. The fraction of sp³-hybridized carbons (Fsp3) is 0.176. The molecular weight excluding hydrogens is 365 g/mol. The standard InChI is InChI=1S/C17H13Cl2N3OS/c1-3-6-20-16(23)15-8-13-10(2)21-22(17(13)24-15)9-11-4-5-12(18)7-14(11)19/h1,4-5,7-8H,6,9H2,2H3,(H,20,23). The van der Waals surface area contributed by atoms with Crippen molar-refractivity contribution in [2.24, 2.45) is 0 Å². The third-order valence-corrected chi connectivity index (χ3v) is 5.25. The van der Waals surface area contributed by atoms with E-state index >= 15 is 0 Å². The van der Waals surface area contributed by atoms with Gasteiger partial charge in [0, 0.05) is 15.4 Å². The third kappa shape index (κ3) is 3.27. The molecule has 7 heteroatoms. The lowest BCUT2D eigenvalue weighted by Crippen LogP contribution is -2.22. The van der Waals surface area contributed by atoms with Crippen molar-refractivity contribution < 1.29 is 4.79 Å². The Kier molecular flexibility index (Phi) is 4.81. The lowest BCUT2D eigenvalue weighted by atomic mass is 10.2. The molecule has 0 saturated carbocycles. The van der Waals surface area contributed by atoms with Gasteiger partial charge < -0.3 is 5.32 Å². The topological polar surface area (TPSA) is 46.9 Å². The average Bonchev–Trinajstić information content (AvgIpc) is 3.09. The van der Waals surface area contributed by atoms with Crippen molar-refractivity contribution in [1.82, 2.24) is 15.1 Å². The molecule has 0 unspecified atom stereocenters. The Labute approximate surface area is 153 Å². The highest BCUT2D eigenvalue weighted by Gasteiger charge is 2.16. The Morgan fingerprint density at radius 2 is 2.21 bits per heavy atom. The Bertz CT molecular complexity index is 968. The number of aromatic nitrogens is 2. The number of nitrogens with zero attached hydrogens (tertiary/aromatic N) is 2. The summed E-state index contributed by atoms with van der Waals surface area (Å²) in [6.45, 7) is 2.63. The summed E-state index contributed by atoms with van der Waals surface area (Å²) >= 11 is 13.6. The van der Waals surface area contributed by atoms with E-state index < -0.39 is 0 Å². The number of carbonyl (C=O) groups excluding carboxylic acids is 1. The minimum Gasteiger partial charge on any atom is -0.340 e. The number of benzene rings is 1. The summed E-state index contributed by atoms with van der Waals surface area (Å²) in [7, 11) is 0. The van der Waals surface area contributed by atoms with E-state index in [1.807, 2.05) is 23.7 Å². The molecule has 0 aliphatic heterocycles. The van der Waals surface area contributed by atoms with Gasteiger partial charge in [-0.1, -0.05) is 35.2 Å². The van der Waals surface area contributed by atoms with Gasteiger partial charge >= 0.3 is 0 Å². The molecule has 0 saturated heterocycles. The minimum atomic E-state index is -0.176. The van der Waals surface area contributed by atoms with Crippen LogP contribution in [0.15, 0.2) is 24.3 Å². The van der Waals surface area contributed by atoms with Crippen LogP contribution in [0.25, 0.3) is 10.2 Å². The van der Waals surface area contributed by atoms with Crippen LogP contribution in [0.2, 0.25) is 10.0 Å².